The van der Waals surface area contributed by atoms with Gasteiger partial charge in [0.2, 0.25) is 5.91 Å². The van der Waals surface area contributed by atoms with Crippen molar-refractivity contribution in [3.63, 3.8) is 0 Å². The minimum atomic E-state index is -0.771. The lowest BCUT2D eigenvalue weighted by atomic mass is 9.93. The molecule has 142 valence electrons. The van der Waals surface area contributed by atoms with Crippen LogP contribution in [0.2, 0.25) is 0 Å². The van der Waals surface area contributed by atoms with Crippen LogP contribution >= 0.6 is 0 Å². The first kappa shape index (κ1) is 18.6. The number of likely N-dealkylation sites (tertiary alicyclic amines) is 1. The lowest BCUT2D eigenvalue weighted by Gasteiger charge is -2.36. The van der Waals surface area contributed by atoms with Gasteiger partial charge in [-0.1, -0.05) is 6.07 Å². The van der Waals surface area contributed by atoms with Crippen molar-refractivity contribution in [3.8, 4) is 0 Å². The van der Waals surface area contributed by atoms with Crippen LogP contribution in [0, 0.1) is 5.92 Å². The lowest BCUT2D eigenvalue weighted by molar-refractivity contribution is -0.139. The molecule has 26 heavy (non-hydrogen) atoms. The maximum Gasteiger partial charge on any atom is 0.317 e. The predicted octanol–water partition coefficient (Wildman–Crippen LogP) is 1.31. The number of amides is 1. The molecule has 1 aromatic heterocycles. The van der Waals surface area contributed by atoms with Crippen LogP contribution in [0.4, 0.5) is 5.82 Å². The van der Waals surface area contributed by atoms with Crippen LogP contribution in [0.3, 0.4) is 0 Å². The highest BCUT2D eigenvalue weighted by molar-refractivity contribution is 5.76. The highest BCUT2D eigenvalue weighted by atomic mass is 16.4. The van der Waals surface area contributed by atoms with E-state index in [1.54, 1.807) is 6.20 Å². The number of carbonyl (C=O) groups is 2. The second-order valence-corrected chi connectivity index (χ2v) is 7.23. The number of aliphatic carboxylic acids is 1. The Kier molecular flexibility index (Phi) is 6.44. The molecule has 7 heteroatoms. The largest absolute Gasteiger partial charge is 0.480 e. The molecular formula is C19H28N4O3. The van der Waals surface area contributed by atoms with Gasteiger partial charge in [-0.3, -0.25) is 14.5 Å². The molecule has 1 amide bonds. The topological polar surface area (TPSA) is 77.0 Å². The molecule has 2 aliphatic heterocycles. The monoisotopic (exact) mass is 360 g/mol. The van der Waals surface area contributed by atoms with Gasteiger partial charge in [-0.25, -0.2) is 4.98 Å². The summed E-state index contributed by atoms with van der Waals surface area (Å²) in [5.74, 6) is 0.857. The Bertz CT molecular complexity index is 602. The highest BCUT2D eigenvalue weighted by Crippen LogP contribution is 2.22. The first-order valence-electron chi connectivity index (χ1n) is 9.49. The fraction of sp³-hybridized carbons (Fsp3) is 0.632. The Morgan fingerprint density at radius 1 is 1.15 bits per heavy atom. The molecule has 0 spiro atoms. The molecular weight excluding hydrogens is 332 g/mol. The summed E-state index contributed by atoms with van der Waals surface area (Å²) >= 11 is 0. The van der Waals surface area contributed by atoms with Crippen molar-refractivity contribution >= 4 is 17.7 Å². The first-order valence-corrected chi connectivity index (χ1v) is 9.49. The van der Waals surface area contributed by atoms with E-state index in [2.05, 4.69) is 9.88 Å². The van der Waals surface area contributed by atoms with E-state index in [4.69, 9.17) is 5.11 Å². The fourth-order valence-electron chi connectivity index (χ4n) is 3.93. The van der Waals surface area contributed by atoms with E-state index in [-0.39, 0.29) is 12.5 Å². The number of carboxylic acid groups (broad SMARTS) is 1. The van der Waals surface area contributed by atoms with Gasteiger partial charge < -0.3 is 14.9 Å². The van der Waals surface area contributed by atoms with Gasteiger partial charge in [0.05, 0.1) is 6.54 Å². The Morgan fingerprint density at radius 2 is 1.96 bits per heavy atom. The number of anilines is 1. The van der Waals surface area contributed by atoms with Crippen molar-refractivity contribution in [2.45, 2.75) is 25.7 Å². The van der Waals surface area contributed by atoms with Crippen molar-refractivity contribution in [2.75, 3.05) is 50.7 Å². The summed E-state index contributed by atoms with van der Waals surface area (Å²) in [5, 5.41) is 8.93. The molecule has 1 N–H and O–H groups in total. The molecule has 0 bridgehead atoms. The predicted molar refractivity (Wildman–Crippen MR) is 99.1 cm³/mol. The molecule has 1 atom stereocenters. The number of pyridine rings is 1. The van der Waals surface area contributed by atoms with Crippen LogP contribution in [0.1, 0.15) is 25.7 Å². The minimum Gasteiger partial charge on any atom is -0.480 e. The number of hydrogen-bond donors (Lipinski definition) is 1. The first-order chi connectivity index (χ1) is 12.6. The Labute approximate surface area is 154 Å². The smallest absolute Gasteiger partial charge is 0.317 e. The van der Waals surface area contributed by atoms with Crippen LogP contribution in [0.25, 0.3) is 0 Å². The van der Waals surface area contributed by atoms with E-state index in [0.717, 1.165) is 64.3 Å². The molecule has 0 saturated carbocycles. The summed E-state index contributed by atoms with van der Waals surface area (Å²) in [6.45, 7) is 4.88. The number of nitrogens with zero attached hydrogens (tertiary/aromatic N) is 4. The zero-order valence-electron chi connectivity index (χ0n) is 15.2. The van der Waals surface area contributed by atoms with Crippen LogP contribution in [-0.4, -0.2) is 77.6 Å². The van der Waals surface area contributed by atoms with Gasteiger partial charge in [0.1, 0.15) is 5.82 Å². The van der Waals surface area contributed by atoms with Crippen molar-refractivity contribution in [2.24, 2.45) is 5.92 Å². The highest BCUT2D eigenvalue weighted by Gasteiger charge is 2.25. The molecule has 0 radical (unpaired) electrons. The van der Waals surface area contributed by atoms with Gasteiger partial charge in [0.15, 0.2) is 0 Å². The summed E-state index contributed by atoms with van der Waals surface area (Å²) in [4.78, 5) is 33.9. The van der Waals surface area contributed by atoms with E-state index >= 15 is 0 Å². The molecule has 2 saturated heterocycles. The van der Waals surface area contributed by atoms with Crippen LogP contribution in [-0.2, 0) is 9.59 Å². The SMILES string of the molecule is O=C(O)CN1CCCC(CCC(=O)N2CCN(c3ccccn3)CC2)C1. The Hall–Kier alpha value is -2.15. The molecule has 7 nitrogen and oxygen atoms in total. The standard InChI is InChI=1S/C19H28N4O3/c24-18(7-6-16-4-3-9-21(14-16)15-19(25)26)23-12-10-22(11-13-23)17-5-1-2-8-20-17/h1-2,5,8,16H,3-4,6-7,9-15H2,(H,25,26). The number of carboxylic acids is 1. The molecule has 3 heterocycles. The van der Waals surface area contributed by atoms with Gasteiger partial charge >= 0.3 is 5.97 Å². The zero-order valence-corrected chi connectivity index (χ0v) is 15.2. The maximum atomic E-state index is 12.5. The number of piperazine rings is 1. The van der Waals surface area contributed by atoms with Crippen LogP contribution in [0.15, 0.2) is 24.4 Å². The number of piperidine rings is 1. The average molecular weight is 360 g/mol. The van der Waals surface area contributed by atoms with Gasteiger partial charge in [0.25, 0.3) is 0 Å². The van der Waals surface area contributed by atoms with E-state index in [9.17, 15) is 9.59 Å². The third kappa shape index (κ3) is 5.17. The minimum absolute atomic E-state index is 0.111. The third-order valence-electron chi connectivity index (χ3n) is 5.33. The van der Waals surface area contributed by atoms with Crippen LogP contribution in [0.5, 0.6) is 0 Å². The van der Waals surface area contributed by atoms with E-state index in [1.165, 1.54) is 0 Å². The molecule has 0 aromatic carbocycles. The number of rotatable bonds is 6. The van der Waals surface area contributed by atoms with Gasteiger partial charge in [-0.05, 0) is 43.9 Å². The normalized spacial score (nSPS) is 21.6. The molecule has 3 rings (SSSR count). The van der Waals surface area contributed by atoms with Gasteiger partial charge in [-0.2, -0.15) is 0 Å². The van der Waals surface area contributed by atoms with Crippen molar-refractivity contribution in [3.05, 3.63) is 24.4 Å². The Morgan fingerprint density at radius 3 is 2.65 bits per heavy atom. The van der Waals surface area contributed by atoms with Crippen molar-refractivity contribution in [1.82, 2.24) is 14.8 Å². The molecule has 2 fully saturated rings. The van der Waals surface area contributed by atoms with Gasteiger partial charge in [0, 0.05) is 45.3 Å². The Balaban J connectivity index is 1.40. The van der Waals surface area contributed by atoms with Crippen LogP contribution < -0.4 is 4.90 Å². The number of carbonyl (C=O) groups excluding carboxylic acids is 1. The lowest BCUT2D eigenvalue weighted by Crippen LogP contribution is -2.49. The molecule has 2 aliphatic rings. The third-order valence-corrected chi connectivity index (χ3v) is 5.33. The molecule has 0 aliphatic carbocycles. The maximum absolute atomic E-state index is 12.5. The summed E-state index contributed by atoms with van der Waals surface area (Å²) in [7, 11) is 0. The number of hydrogen-bond acceptors (Lipinski definition) is 5. The summed E-state index contributed by atoms with van der Waals surface area (Å²) < 4.78 is 0. The van der Waals surface area contributed by atoms with Crippen molar-refractivity contribution < 1.29 is 14.7 Å². The summed E-state index contributed by atoms with van der Waals surface area (Å²) in [5.41, 5.74) is 0. The van der Waals surface area contributed by atoms with Crippen molar-refractivity contribution in [1.29, 1.82) is 0 Å². The second-order valence-electron chi connectivity index (χ2n) is 7.23. The average Bonchev–Trinajstić information content (AvgIpc) is 2.67. The second kappa shape index (κ2) is 8.98. The molecule has 1 aromatic rings. The van der Waals surface area contributed by atoms with E-state index in [1.807, 2.05) is 28.0 Å². The number of aromatic nitrogens is 1. The summed E-state index contributed by atoms with van der Waals surface area (Å²) in [6.07, 6.45) is 5.33. The fourth-order valence-corrected chi connectivity index (χ4v) is 3.93. The summed E-state index contributed by atoms with van der Waals surface area (Å²) in [6, 6.07) is 5.90. The van der Waals surface area contributed by atoms with Gasteiger partial charge in [-0.15, -0.1) is 0 Å². The zero-order chi connectivity index (χ0) is 18.4. The van der Waals surface area contributed by atoms with E-state index in [0.29, 0.717) is 12.3 Å². The molecule has 1 unspecified atom stereocenters. The quantitative estimate of drug-likeness (QED) is 0.824. The van der Waals surface area contributed by atoms with E-state index < -0.39 is 5.97 Å².